The third kappa shape index (κ3) is 0.240. The molecule has 4 bridgehead atoms. The van der Waals surface area contributed by atoms with Gasteiger partial charge in [0.25, 0.3) is 0 Å². The van der Waals surface area contributed by atoms with Crippen LogP contribution in [0.4, 0.5) is 0 Å². The molecule has 5 saturated carbocycles. The van der Waals surface area contributed by atoms with Crippen LogP contribution in [0.5, 0.6) is 0 Å². The third-order valence-corrected chi connectivity index (χ3v) is 4.52. The summed E-state index contributed by atoms with van der Waals surface area (Å²) in [6.07, 6.45) is 2.56. The molecule has 5 fully saturated rings. The lowest BCUT2D eigenvalue weighted by molar-refractivity contribution is -0.125. The van der Waals surface area contributed by atoms with Crippen LogP contribution in [0.15, 0.2) is 0 Å². The molecule has 2 unspecified atom stereocenters. The van der Waals surface area contributed by atoms with Gasteiger partial charge < -0.3 is 0 Å². The van der Waals surface area contributed by atoms with Crippen LogP contribution in [-0.4, -0.2) is 5.78 Å². The van der Waals surface area contributed by atoms with E-state index in [9.17, 15) is 4.79 Å². The van der Waals surface area contributed by atoms with Crippen molar-refractivity contribution in [1.82, 2.24) is 0 Å². The number of carbonyl (C=O) groups excluding carboxylic acids is 1. The third-order valence-electron chi connectivity index (χ3n) is 4.52. The van der Waals surface area contributed by atoms with Crippen molar-refractivity contribution in [3.8, 4) is 0 Å². The first-order valence-electron chi connectivity index (χ1n) is 4.41. The summed E-state index contributed by atoms with van der Waals surface area (Å²) in [5, 5.41) is 0. The fraction of sp³-hybridized carbons (Fsp3) is 0.889. The lowest BCUT2D eigenvalue weighted by Crippen LogP contribution is -2.23. The van der Waals surface area contributed by atoms with Crippen molar-refractivity contribution in [3.63, 3.8) is 0 Å². The Kier molecular flexibility index (Phi) is 0.449. The van der Waals surface area contributed by atoms with E-state index in [1.54, 1.807) is 0 Å². The van der Waals surface area contributed by atoms with Gasteiger partial charge >= 0.3 is 0 Å². The molecule has 1 nitrogen and oxygen atoms in total. The van der Waals surface area contributed by atoms with E-state index in [1.165, 1.54) is 12.8 Å². The SMILES string of the molecule is O=C1C2C[C@@H]3[C@H](C2)[C@@H]2C1[C@H]32. The molecule has 10 heavy (non-hydrogen) atoms. The minimum absolute atomic E-state index is 0.537. The molecule has 1 heteroatoms. The molecule has 0 saturated heterocycles. The van der Waals surface area contributed by atoms with E-state index in [4.69, 9.17) is 0 Å². The molecule has 0 spiro atoms. The van der Waals surface area contributed by atoms with Gasteiger partial charge in [0.2, 0.25) is 0 Å². The van der Waals surface area contributed by atoms with Crippen molar-refractivity contribution in [3.05, 3.63) is 0 Å². The maximum absolute atomic E-state index is 11.4. The highest BCUT2D eigenvalue weighted by atomic mass is 16.1. The standard InChI is InChI=1S/C9H10O/c10-9-3-1-4-5(2-3)7-6(4)8(7)9/h3-8H,1-2H2/t3?,4-,5+,6-,7+,8?. The average molecular weight is 134 g/mol. The largest absolute Gasteiger partial charge is 0.299 e. The van der Waals surface area contributed by atoms with Gasteiger partial charge in [-0.25, -0.2) is 0 Å². The number of Topliss-reactive ketones (excluding diaryl/α,β-unsaturated/α-hetero) is 1. The van der Waals surface area contributed by atoms with E-state index in [0.717, 1.165) is 23.7 Å². The lowest BCUT2D eigenvalue weighted by atomic mass is 9.77. The maximum atomic E-state index is 11.4. The highest BCUT2D eigenvalue weighted by Gasteiger charge is 2.78. The molecule has 0 aliphatic heterocycles. The highest BCUT2D eigenvalue weighted by molar-refractivity contribution is 5.90. The zero-order chi connectivity index (χ0) is 6.46. The monoisotopic (exact) mass is 134 g/mol. The van der Waals surface area contributed by atoms with Crippen LogP contribution in [0.25, 0.3) is 0 Å². The summed E-state index contributed by atoms with van der Waals surface area (Å²) in [6.45, 7) is 0. The predicted molar refractivity (Wildman–Crippen MR) is 35.2 cm³/mol. The van der Waals surface area contributed by atoms with Crippen molar-refractivity contribution in [2.24, 2.45) is 35.5 Å². The number of ketones is 1. The zero-order valence-electron chi connectivity index (χ0n) is 5.79. The van der Waals surface area contributed by atoms with E-state index in [0.29, 0.717) is 17.6 Å². The van der Waals surface area contributed by atoms with Gasteiger partial charge in [-0.15, -0.1) is 0 Å². The van der Waals surface area contributed by atoms with Crippen molar-refractivity contribution >= 4 is 5.78 Å². The van der Waals surface area contributed by atoms with E-state index >= 15 is 0 Å². The predicted octanol–water partition coefficient (Wildman–Crippen LogP) is 1.09. The lowest BCUT2D eigenvalue weighted by Gasteiger charge is -2.28. The number of hydrogen-bond donors (Lipinski definition) is 0. The molecule has 5 aliphatic rings. The van der Waals surface area contributed by atoms with Gasteiger partial charge in [0.05, 0.1) is 0 Å². The summed E-state index contributed by atoms with van der Waals surface area (Å²) < 4.78 is 0. The van der Waals surface area contributed by atoms with E-state index in [-0.39, 0.29) is 0 Å². The summed E-state index contributed by atoms with van der Waals surface area (Å²) >= 11 is 0. The fourth-order valence-electron chi connectivity index (χ4n) is 4.19. The topological polar surface area (TPSA) is 17.1 Å². The second-order valence-corrected chi connectivity index (χ2v) is 4.58. The first-order valence-corrected chi connectivity index (χ1v) is 4.41. The Balaban J connectivity index is 1.94. The van der Waals surface area contributed by atoms with Crippen molar-refractivity contribution < 1.29 is 4.79 Å². The summed E-state index contributed by atoms with van der Waals surface area (Å²) in [4.78, 5) is 11.4. The summed E-state index contributed by atoms with van der Waals surface area (Å²) in [5.41, 5.74) is 0. The normalized spacial score (nSPS) is 73.4. The van der Waals surface area contributed by atoms with Crippen LogP contribution < -0.4 is 0 Å². The Bertz CT molecular complexity index is 223. The van der Waals surface area contributed by atoms with Crippen LogP contribution in [0.1, 0.15) is 12.8 Å². The van der Waals surface area contributed by atoms with Crippen LogP contribution >= 0.6 is 0 Å². The van der Waals surface area contributed by atoms with Crippen molar-refractivity contribution in [1.29, 1.82) is 0 Å². The Morgan fingerprint density at radius 3 is 2.30 bits per heavy atom. The second-order valence-electron chi connectivity index (χ2n) is 4.58. The summed E-state index contributed by atoms with van der Waals surface area (Å²) in [6, 6.07) is 0. The molecule has 0 aromatic heterocycles. The molecule has 0 aromatic rings. The zero-order valence-corrected chi connectivity index (χ0v) is 5.79. The second kappa shape index (κ2) is 0.992. The quantitative estimate of drug-likeness (QED) is 0.484. The van der Waals surface area contributed by atoms with Crippen LogP contribution in [0.3, 0.4) is 0 Å². The first kappa shape index (κ1) is 4.53. The number of carbonyl (C=O) groups is 1. The summed E-state index contributed by atoms with van der Waals surface area (Å²) in [5.74, 6) is 5.67. The molecule has 6 atom stereocenters. The van der Waals surface area contributed by atoms with Gasteiger partial charge in [0.1, 0.15) is 5.78 Å². The molecule has 5 rings (SSSR count). The molecule has 0 heterocycles. The van der Waals surface area contributed by atoms with Crippen molar-refractivity contribution in [2.45, 2.75) is 12.8 Å². The van der Waals surface area contributed by atoms with Gasteiger partial charge in [-0.1, -0.05) is 0 Å². The molecular weight excluding hydrogens is 124 g/mol. The Labute approximate surface area is 59.8 Å². The van der Waals surface area contributed by atoms with E-state index in [2.05, 4.69) is 0 Å². The summed E-state index contributed by atoms with van der Waals surface area (Å²) in [7, 11) is 0. The first-order chi connectivity index (χ1) is 4.88. The van der Waals surface area contributed by atoms with Crippen LogP contribution in [-0.2, 0) is 4.79 Å². The van der Waals surface area contributed by atoms with Gasteiger partial charge in [-0.2, -0.15) is 0 Å². The number of rotatable bonds is 0. The number of hydrogen-bond acceptors (Lipinski definition) is 1. The Hall–Kier alpha value is -0.330. The maximum Gasteiger partial charge on any atom is 0.139 e. The minimum Gasteiger partial charge on any atom is -0.299 e. The van der Waals surface area contributed by atoms with Crippen LogP contribution in [0, 0.1) is 35.5 Å². The van der Waals surface area contributed by atoms with E-state index in [1.807, 2.05) is 0 Å². The Morgan fingerprint density at radius 2 is 1.70 bits per heavy atom. The fourth-order valence-corrected chi connectivity index (χ4v) is 4.19. The van der Waals surface area contributed by atoms with Gasteiger partial charge in [0, 0.05) is 11.8 Å². The molecule has 5 aliphatic carbocycles. The van der Waals surface area contributed by atoms with E-state index < -0.39 is 0 Å². The smallest absolute Gasteiger partial charge is 0.139 e. The average Bonchev–Trinajstić information content (AvgIpc) is 2.54. The van der Waals surface area contributed by atoms with Crippen molar-refractivity contribution in [2.75, 3.05) is 0 Å². The van der Waals surface area contributed by atoms with Crippen LogP contribution in [0.2, 0.25) is 0 Å². The Morgan fingerprint density at radius 1 is 1.10 bits per heavy atom. The minimum atomic E-state index is 0.537. The molecule has 0 amide bonds. The van der Waals surface area contributed by atoms with Gasteiger partial charge in [0.15, 0.2) is 0 Å². The molecule has 0 radical (unpaired) electrons. The molecule has 0 N–H and O–H groups in total. The molecule has 0 aromatic carbocycles. The highest BCUT2D eigenvalue weighted by Crippen LogP contribution is 2.78. The van der Waals surface area contributed by atoms with Gasteiger partial charge in [-0.05, 0) is 36.5 Å². The molecule has 52 valence electrons. The van der Waals surface area contributed by atoms with Gasteiger partial charge in [-0.3, -0.25) is 4.79 Å². The molecular formula is C9H10O.